The fourth-order valence-electron chi connectivity index (χ4n) is 5.95. The van der Waals surface area contributed by atoms with Gasteiger partial charge in [-0.05, 0) is 90.0 Å². The van der Waals surface area contributed by atoms with Crippen molar-refractivity contribution in [3.05, 3.63) is 24.3 Å². The molecule has 0 fully saturated rings. The van der Waals surface area contributed by atoms with Gasteiger partial charge in [0, 0.05) is 12.8 Å². The van der Waals surface area contributed by atoms with Gasteiger partial charge in [0.15, 0.2) is 0 Å². The molecule has 0 heterocycles. The van der Waals surface area contributed by atoms with Gasteiger partial charge < -0.3 is 20.9 Å². The van der Waals surface area contributed by atoms with E-state index in [1.165, 1.54) is 89.9 Å². The van der Waals surface area contributed by atoms with E-state index in [-0.39, 0.29) is 18.0 Å². The fourth-order valence-corrected chi connectivity index (χ4v) is 5.95. The minimum atomic E-state index is -1.02. The number of allylic oxidation sites excluding steroid dienone is 4. The maximum atomic E-state index is 12.6. The molecule has 0 aliphatic rings. The van der Waals surface area contributed by atoms with Crippen LogP contribution >= 0.6 is 0 Å². The van der Waals surface area contributed by atoms with Crippen molar-refractivity contribution in [1.82, 2.24) is 5.32 Å². The number of nitrogens with one attached hydrogen (secondary N) is 1. The van der Waals surface area contributed by atoms with E-state index >= 15 is 0 Å². The van der Waals surface area contributed by atoms with Gasteiger partial charge in [-0.3, -0.25) is 9.59 Å². The zero-order valence-corrected chi connectivity index (χ0v) is 31.3. The van der Waals surface area contributed by atoms with E-state index in [2.05, 4.69) is 43.5 Å². The highest BCUT2D eigenvalue weighted by Gasteiger charge is 2.19. The van der Waals surface area contributed by atoms with Crippen LogP contribution < -0.4 is 11.1 Å². The number of carboxylic acids is 1. The molecular formula is C41H76N2O5. The maximum Gasteiger partial charge on any atom is 0.326 e. The number of carbonyl (C=O) groups excluding carboxylic acids is 2. The zero-order valence-electron chi connectivity index (χ0n) is 31.3. The first-order chi connectivity index (χ1) is 23.4. The fraction of sp³-hybridized carbons (Fsp3) is 0.829. The topological polar surface area (TPSA) is 119 Å². The van der Waals surface area contributed by atoms with Crippen molar-refractivity contribution in [2.75, 3.05) is 6.54 Å². The van der Waals surface area contributed by atoms with Crippen molar-refractivity contribution in [1.29, 1.82) is 0 Å². The van der Waals surface area contributed by atoms with Gasteiger partial charge in [0.25, 0.3) is 0 Å². The van der Waals surface area contributed by atoms with Crippen molar-refractivity contribution < 1.29 is 24.2 Å². The number of ether oxygens (including phenoxy) is 1. The summed E-state index contributed by atoms with van der Waals surface area (Å²) in [5, 5.41) is 11.9. The van der Waals surface area contributed by atoms with Crippen molar-refractivity contribution in [2.45, 2.75) is 212 Å². The second-order valence-corrected chi connectivity index (χ2v) is 13.7. The summed E-state index contributed by atoms with van der Waals surface area (Å²) in [4.78, 5) is 36.1. The summed E-state index contributed by atoms with van der Waals surface area (Å²) in [6, 6.07) is -0.872. The third-order valence-corrected chi connectivity index (χ3v) is 9.02. The van der Waals surface area contributed by atoms with Gasteiger partial charge in [0.1, 0.15) is 12.1 Å². The largest absolute Gasteiger partial charge is 0.480 e. The Balaban J connectivity index is 3.88. The van der Waals surface area contributed by atoms with Crippen molar-refractivity contribution in [3.8, 4) is 0 Å². The second-order valence-electron chi connectivity index (χ2n) is 13.7. The van der Waals surface area contributed by atoms with Crippen LogP contribution in [0.15, 0.2) is 24.3 Å². The Morgan fingerprint density at radius 3 is 1.65 bits per heavy atom. The predicted molar refractivity (Wildman–Crippen MR) is 202 cm³/mol. The molecule has 280 valence electrons. The first-order valence-corrected chi connectivity index (χ1v) is 20.2. The van der Waals surface area contributed by atoms with E-state index in [1.54, 1.807) is 0 Å². The van der Waals surface area contributed by atoms with Crippen molar-refractivity contribution in [2.24, 2.45) is 5.73 Å². The molecule has 0 saturated heterocycles. The lowest BCUT2D eigenvalue weighted by Gasteiger charge is -2.18. The van der Waals surface area contributed by atoms with E-state index in [0.717, 1.165) is 64.2 Å². The molecule has 7 heteroatoms. The highest BCUT2D eigenvalue weighted by Crippen LogP contribution is 2.17. The van der Waals surface area contributed by atoms with E-state index in [0.29, 0.717) is 38.6 Å². The van der Waals surface area contributed by atoms with Crippen LogP contribution in [0.2, 0.25) is 0 Å². The number of carboxylic acid groups (broad SMARTS) is 1. The molecule has 48 heavy (non-hydrogen) atoms. The quantitative estimate of drug-likeness (QED) is 0.0345. The Bertz CT molecular complexity index is 813. The molecule has 0 aliphatic heterocycles. The van der Waals surface area contributed by atoms with Crippen molar-refractivity contribution in [3.63, 3.8) is 0 Å². The summed E-state index contributed by atoms with van der Waals surface area (Å²) in [6.07, 6.45) is 39.7. The zero-order chi connectivity index (χ0) is 35.3. The van der Waals surface area contributed by atoms with Crippen LogP contribution in [-0.4, -0.2) is 41.6 Å². The number of amides is 1. The SMILES string of the molecule is CCCCCCC/C=C\C/C=C\CCCCCCCCCCCC(=O)OC(CCCCC)CCCCCC(=O)NC(CCCN)C(=O)O. The molecule has 0 aromatic rings. The molecule has 7 nitrogen and oxygen atoms in total. The molecular weight excluding hydrogens is 600 g/mol. The number of nitrogens with two attached hydrogens (primary N) is 1. The van der Waals surface area contributed by atoms with Crippen LogP contribution in [0.4, 0.5) is 0 Å². The molecule has 0 bridgehead atoms. The van der Waals surface area contributed by atoms with E-state index in [4.69, 9.17) is 10.5 Å². The number of hydrogen-bond donors (Lipinski definition) is 3. The molecule has 0 saturated carbocycles. The number of rotatable bonds is 36. The summed E-state index contributed by atoms with van der Waals surface area (Å²) in [7, 11) is 0. The van der Waals surface area contributed by atoms with Gasteiger partial charge in [-0.15, -0.1) is 0 Å². The number of esters is 1. The monoisotopic (exact) mass is 677 g/mol. The second kappa shape index (κ2) is 36.1. The summed E-state index contributed by atoms with van der Waals surface area (Å²) in [6.45, 7) is 4.84. The average molecular weight is 677 g/mol. The smallest absolute Gasteiger partial charge is 0.326 e. The van der Waals surface area contributed by atoms with Crippen LogP contribution in [0, 0.1) is 0 Å². The molecule has 0 aromatic heterocycles. The number of aliphatic carboxylic acids is 1. The highest BCUT2D eigenvalue weighted by atomic mass is 16.5. The molecule has 0 radical (unpaired) electrons. The van der Waals surface area contributed by atoms with Gasteiger partial charge in [-0.1, -0.05) is 128 Å². The maximum absolute atomic E-state index is 12.6. The van der Waals surface area contributed by atoms with E-state index in [9.17, 15) is 19.5 Å². The Hall–Kier alpha value is -2.15. The first kappa shape index (κ1) is 45.9. The Labute approximate surface area is 295 Å². The lowest BCUT2D eigenvalue weighted by atomic mass is 10.0. The van der Waals surface area contributed by atoms with Gasteiger partial charge >= 0.3 is 11.9 Å². The van der Waals surface area contributed by atoms with Crippen molar-refractivity contribution >= 4 is 17.8 Å². The number of unbranched alkanes of at least 4 members (excludes halogenated alkanes) is 18. The Morgan fingerprint density at radius 1 is 0.604 bits per heavy atom. The van der Waals surface area contributed by atoms with Gasteiger partial charge in [-0.25, -0.2) is 4.79 Å². The molecule has 0 aliphatic carbocycles. The minimum absolute atomic E-state index is 0.0484. The first-order valence-electron chi connectivity index (χ1n) is 20.2. The summed E-state index contributed by atoms with van der Waals surface area (Å²) in [5.74, 6) is -1.32. The Morgan fingerprint density at radius 2 is 1.08 bits per heavy atom. The number of carbonyl (C=O) groups is 3. The van der Waals surface area contributed by atoms with E-state index < -0.39 is 12.0 Å². The summed E-state index contributed by atoms with van der Waals surface area (Å²) in [5.41, 5.74) is 5.46. The van der Waals surface area contributed by atoms with E-state index in [1.807, 2.05) is 0 Å². The molecule has 0 aromatic carbocycles. The number of hydrogen-bond acceptors (Lipinski definition) is 5. The van der Waals surface area contributed by atoms with Crippen LogP contribution in [0.25, 0.3) is 0 Å². The highest BCUT2D eigenvalue weighted by molar-refractivity contribution is 5.83. The third-order valence-electron chi connectivity index (χ3n) is 9.02. The molecule has 2 atom stereocenters. The Kier molecular flexibility index (Phi) is 34.5. The summed E-state index contributed by atoms with van der Waals surface area (Å²) >= 11 is 0. The van der Waals surface area contributed by atoms with Gasteiger partial charge in [0.2, 0.25) is 5.91 Å². The lowest BCUT2D eigenvalue weighted by molar-refractivity contribution is -0.150. The van der Waals surface area contributed by atoms with Crippen LogP contribution in [0.5, 0.6) is 0 Å². The van der Waals surface area contributed by atoms with Gasteiger partial charge in [0.05, 0.1) is 0 Å². The predicted octanol–water partition coefficient (Wildman–Crippen LogP) is 10.9. The average Bonchev–Trinajstić information content (AvgIpc) is 3.07. The summed E-state index contributed by atoms with van der Waals surface area (Å²) < 4.78 is 5.88. The third kappa shape index (κ3) is 32.4. The molecule has 2 unspecified atom stereocenters. The molecule has 1 amide bonds. The van der Waals surface area contributed by atoms with Gasteiger partial charge in [-0.2, -0.15) is 0 Å². The van der Waals surface area contributed by atoms with Crippen LogP contribution in [0.1, 0.15) is 200 Å². The normalized spacial score (nSPS) is 12.9. The van der Waals surface area contributed by atoms with Crippen LogP contribution in [0.3, 0.4) is 0 Å². The molecule has 4 N–H and O–H groups in total. The molecule has 0 rings (SSSR count). The molecule has 0 spiro atoms. The minimum Gasteiger partial charge on any atom is -0.480 e. The lowest BCUT2D eigenvalue weighted by Crippen LogP contribution is -2.40. The standard InChI is InChI=1S/C41H76N2O5/c1-3-5-7-8-9-10-11-12-13-14-15-16-17-18-19-20-21-22-23-24-29-35-40(45)48-37(31-26-6-4-2)32-27-25-28-34-39(44)43-38(41(46)47)33-30-36-42/h11-12,14-15,37-38H,3-10,13,16-36,42H2,1-2H3,(H,43,44)(H,46,47)/b12-11-,15-14-. The van der Waals surface area contributed by atoms with Crippen LogP contribution in [-0.2, 0) is 19.1 Å².